The molecule has 1 aliphatic rings. The average Bonchev–Trinajstić information content (AvgIpc) is 2.06. The van der Waals surface area contributed by atoms with Crippen molar-refractivity contribution in [3.8, 4) is 5.75 Å². The molecule has 1 aliphatic heterocycles. The minimum atomic E-state index is 0.614. The molecule has 0 saturated heterocycles. The molecule has 2 heteroatoms. The number of allylic oxidation sites excluding steroid dienone is 1. The van der Waals surface area contributed by atoms with Gasteiger partial charge in [-0.2, -0.15) is 0 Å². The van der Waals surface area contributed by atoms with Gasteiger partial charge in [-0.1, -0.05) is 12.1 Å². The van der Waals surface area contributed by atoms with Gasteiger partial charge in [0, 0.05) is 6.21 Å². The lowest BCUT2D eigenvalue weighted by Crippen LogP contribution is -1.95. The van der Waals surface area contributed by atoms with E-state index in [2.05, 4.69) is 4.99 Å². The maximum absolute atomic E-state index is 5.43. The average molecular weight is 159 g/mol. The highest BCUT2D eigenvalue weighted by Gasteiger charge is 1.99. The Balaban J connectivity index is 2.43. The Morgan fingerprint density at radius 2 is 2.17 bits per heavy atom. The van der Waals surface area contributed by atoms with Crippen LogP contribution in [0, 0.1) is 0 Å². The third-order valence-electron chi connectivity index (χ3n) is 1.64. The normalized spacial score (nSPS) is 14.3. The number of nitrogens with zero attached hydrogens (tertiary/aromatic N) is 1. The van der Waals surface area contributed by atoms with Crippen molar-refractivity contribution in [2.24, 2.45) is 4.99 Å². The van der Waals surface area contributed by atoms with Crippen LogP contribution >= 0.6 is 0 Å². The molecular formula is C10H9NO. The summed E-state index contributed by atoms with van der Waals surface area (Å²) in [4.78, 5) is 4.21. The molecule has 0 amide bonds. The predicted octanol–water partition coefficient (Wildman–Crippen LogP) is 2.34. The van der Waals surface area contributed by atoms with Crippen LogP contribution in [0.25, 0.3) is 0 Å². The quantitative estimate of drug-likeness (QED) is 0.569. The summed E-state index contributed by atoms with van der Waals surface area (Å²) in [6, 6.07) is 7.75. The molecular weight excluding hydrogens is 150 g/mol. The number of benzene rings is 1. The van der Waals surface area contributed by atoms with E-state index in [0.717, 1.165) is 11.4 Å². The smallest absolute Gasteiger partial charge is 0.145 e. The molecule has 0 N–H and O–H groups in total. The van der Waals surface area contributed by atoms with E-state index in [1.165, 1.54) is 0 Å². The van der Waals surface area contributed by atoms with Crippen molar-refractivity contribution in [2.45, 2.75) is 0 Å². The number of para-hydroxylation sites is 2. The van der Waals surface area contributed by atoms with Crippen LogP contribution in [0.15, 0.2) is 41.4 Å². The molecule has 2 rings (SSSR count). The van der Waals surface area contributed by atoms with E-state index in [0.29, 0.717) is 6.61 Å². The van der Waals surface area contributed by atoms with E-state index in [1.54, 1.807) is 6.21 Å². The lowest BCUT2D eigenvalue weighted by molar-refractivity contribution is 0.364. The minimum Gasteiger partial charge on any atom is -0.487 e. The summed E-state index contributed by atoms with van der Waals surface area (Å²) in [5, 5.41) is 0. The van der Waals surface area contributed by atoms with Crippen LogP contribution in [0.4, 0.5) is 5.69 Å². The Morgan fingerprint density at radius 3 is 3.17 bits per heavy atom. The fraction of sp³-hybridized carbons (Fsp3) is 0.100. The molecule has 1 aromatic rings. The molecule has 1 heterocycles. The van der Waals surface area contributed by atoms with Gasteiger partial charge < -0.3 is 4.74 Å². The number of aliphatic imine (C=N–C) groups is 1. The molecule has 2 nitrogen and oxygen atoms in total. The Hall–Kier alpha value is -1.57. The van der Waals surface area contributed by atoms with Gasteiger partial charge >= 0.3 is 0 Å². The second kappa shape index (κ2) is 3.22. The summed E-state index contributed by atoms with van der Waals surface area (Å²) < 4.78 is 5.43. The van der Waals surface area contributed by atoms with Crippen molar-refractivity contribution in [1.29, 1.82) is 0 Å². The minimum absolute atomic E-state index is 0.614. The highest BCUT2D eigenvalue weighted by molar-refractivity contribution is 5.76. The zero-order valence-electron chi connectivity index (χ0n) is 6.60. The maximum Gasteiger partial charge on any atom is 0.145 e. The molecule has 0 atom stereocenters. The zero-order chi connectivity index (χ0) is 8.23. The SMILES string of the molecule is C1=CCOc2ccccc2N=C1. The lowest BCUT2D eigenvalue weighted by atomic mass is 10.3. The first kappa shape index (κ1) is 7.10. The topological polar surface area (TPSA) is 21.6 Å². The molecule has 0 fully saturated rings. The van der Waals surface area contributed by atoms with Crippen LogP contribution in [-0.4, -0.2) is 12.8 Å². The van der Waals surface area contributed by atoms with Gasteiger partial charge in [-0.05, 0) is 24.3 Å². The van der Waals surface area contributed by atoms with Crippen molar-refractivity contribution in [1.82, 2.24) is 0 Å². The van der Waals surface area contributed by atoms with E-state index in [9.17, 15) is 0 Å². The van der Waals surface area contributed by atoms with Gasteiger partial charge in [0.1, 0.15) is 18.0 Å². The fourth-order valence-electron chi connectivity index (χ4n) is 1.06. The summed E-state index contributed by atoms with van der Waals surface area (Å²) in [5.74, 6) is 0.845. The number of hydrogen-bond acceptors (Lipinski definition) is 2. The summed E-state index contributed by atoms with van der Waals surface area (Å²) >= 11 is 0. The van der Waals surface area contributed by atoms with Gasteiger partial charge in [0.05, 0.1) is 0 Å². The predicted molar refractivity (Wildman–Crippen MR) is 49.2 cm³/mol. The Labute approximate surface area is 71.2 Å². The molecule has 1 aromatic carbocycles. The van der Waals surface area contributed by atoms with E-state index in [4.69, 9.17) is 4.74 Å². The van der Waals surface area contributed by atoms with E-state index < -0.39 is 0 Å². The monoisotopic (exact) mass is 159 g/mol. The number of rotatable bonds is 0. The molecule has 0 bridgehead atoms. The molecule has 0 aliphatic carbocycles. The standard InChI is InChI=1S/C10H9NO/c1-2-6-10-9(5-1)11-7-3-4-8-12-10/h1-7H,8H2. The van der Waals surface area contributed by atoms with E-state index in [1.807, 2.05) is 36.4 Å². The molecule has 0 unspecified atom stereocenters. The summed E-state index contributed by atoms with van der Waals surface area (Å²) in [6.07, 6.45) is 5.59. The Bertz CT molecular complexity index is 328. The van der Waals surface area contributed by atoms with Gasteiger partial charge in [0.25, 0.3) is 0 Å². The molecule has 60 valence electrons. The number of fused-ring (bicyclic) bond motifs is 1. The summed E-state index contributed by atoms with van der Waals surface area (Å²) in [6.45, 7) is 0.614. The Morgan fingerprint density at radius 1 is 1.25 bits per heavy atom. The highest BCUT2D eigenvalue weighted by Crippen LogP contribution is 2.26. The van der Waals surface area contributed by atoms with Crippen LogP contribution < -0.4 is 4.74 Å². The highest BCUT2D eigenvalue weighted by atomic mass is 16.5. The van der Waals surface area contributed by atoms with Gasteiger partial charge in [0.2, 0.25) is 0 Å². The lowest BCUT2D eigenvalue weighted by Gasteiger charge is -2.06. The first-order valence-electron chi connectivity index (χ1n) is 3.88. The maximum atomic E-state index is 5.43. The van der Waals surface area contributed by atoms with Gasteiger partial charge in [-0.3, -0.25) is 4.99 Å². The first-order valence-corrected chi connectivity index (χ1v) is 3.88. The molecule has 12 heavy (non-hydrogen) atoms. The van der Waals surface area contributed by atoms with Crippen LogP contribution in [0.1, 0.15) is 0 Å². The molecule has 0 radical (unpaired) electrons. The van der Waals surface area contributed by atoms with Crippen molar-refractivity contribution >= 4 is 11.9 Å². The van der Waals surface area contributed by atoms with Crippen molar-refractivity contribution in [2.75, 3.05) is 6.61 Å². The summed E-state index contributed by atoms with van der Waals surface area (Å²) in [5.41, 5.74) is 0.891. The Kier molecular flexibility index (Phi) is 1.90. The molecule has 0 saturated carbocycles. The van der Waals surface area contributed by atoms with Crippen molar-refractivity contribution in [3.63, 3.8) is 0 Å². The largest absolute Gasteiger partial charge is 0.487 e. The first-order chi connectivity index (χ1) is 5.97. The second-order valence-electron chi connectivity index (χ2n) is 2.49. The van der Waals surface area contributed by atoms with E-state index >= 15 is 0 Å². The van der Waals surface area contributed by atoms with Gasteiger partial charge in [-0.25, -0.2) is 0 Å². The van der Waals surface area contributed by atoms with Gasteiger partial charge in [-0.15, -0.1) is 0 Å². The third-order valence-corrected chi connectivity index (χ3v) is 1.64. The van der Waals surface area contributed by atoms with Crippen LogP contribution in [-0.2, 0) is 0 Å². The van der Waals surface area contributed by atoms with Crippen LogP contribution in [0.5, 0.6) is 5.75 Å². The van der Waals surface area contributed by atoms with Crippen molar-refractivity contribution in [3.05, 3.63) is 36.4 Å². The number of hydrogen-bond donors (Lipinski definition) is 0. The summed E-state index contributed by atoms with van der Waals surface area (Å²) in [7, 11) is 0. The molecule has 0 aromatic heterocycles. The molecule has 0 spiro atoms. The van der Waals surface area contributed by atoms with Crippen molar-refractivity contribution < 1.29 is 4.74 Å². The van der Waals surface area contributed by atoms with E-state index in [-0.39, 0.29) is 0 Å². The third kappa shape index (κ3) is 1.37. The van der Waals surface area contributed by atoms with Gasteiger partial charge in [0.15, 0.2) is 0 Å². The fourth-order valence-corrected chi connectivity index (χ4v) is 1.06. The second-order valence-corrected chi connectivity index (χ2v) is 2.49. The zero-order valence-corrected chi connectivity index (χ0v) is 6.60. The number of ether oxygens (including phenoxy) is 1. The van der Waals surface area contributed by atoms with Crippen LogP contribution in [0.3, 0.4) is 0 Å². The van der Waals surface area contributed by atoms with Crippen LogP contribution in [0.2, 0.25) is 0 Å².